The normalized spacial score (nSPS) is 21.6. The molecular weight excluding hydrogens is 314 g/mol. The highest BCUT2D eigenvalue weighted by molar-refractivity contribution is 5.89. The van der Waals surface area contributed by atoms with Crippen LogP contribution in [-0.4, -0.2) is 50.6 Å². The summed E-state index contributed by atoms with van der Waals surface area (Å²) in [4.78, 5) is 25.1. The standard InChI is InChI=1S/C17H21NO6/c1-12(23-11-15-3-2-9-21-15)16(19)24-14-6-4-13(5-7-14)18-8-10-22-17(18)20/h4-7,12,15H,2-3,8-11H2,1H3. The van der Waals surface area contributed by atoms with E-state index in [0.29, 0.717) is 31.2 Å². The Labute approximate surface area is 140 Å². The number of anilines is 1. The monoisotopic (exact) mass is 335 g/mol. The van der Waals surface area contributed by atoms with Crippen molar-refractivity contribution in [2.75, 3.05) is 31.3 Å². The van der Waals surface area contributed by atoms with Crippen LogP contribution in [0.15, 0.2) is 24.3 Å². The minimum atomic E-state index is -0.664. The van der Waals surface area contributed by atoms with Crippen LogP contribution in [0.2, 0.25) is 0 Å². The molecule has 7 nitrogen and oxygen atoms in total. The van der Waals surface area contributed by atoms with E-state index in [1.807, 2.05) is 0 Å². The second-order valence-corrected chi connectivity index (χ2v) is 5.79. The van der Waals surface area contributed by atoms with E-state index in [9.17, 15) is 9.59 Å². The number of rotatable bonds is 6. The van der Waals surface area contributed by atoms with Gasteiger partial charge in [-0.25, -0.2) is 9.59 Å². The smallest absolute Gasteiger partial charge is 0.414 e. The summed E-state index contributed by atoms with van der Waals surface area (Å²) in [5, 5.41) is 0. The van der Waals surface area contributed by atoms with Crippen molar-refractivity contribution >= 4 is 17.7 Å². The lowest BCUT2D eigenvalue weighted by Crippen LogP contribution is -2.29. The average molecular weight is 335 g/mol. The zero-order valence-corrected chi connectivity index (χ0v) is 13.6. The molecule has 0 aromatic heterocycles. The molecule has 0 N–H and O–H groups in total. The predicted octanol–water partition coefficient (Wildman–Crippen LogP) is 2.13. The number of nitrogens with zero attached hydrogens (tertiary/aromatic N) is 1. The maximum Gasteiger partial charge on any atom is 0.414 e. The number of amides is 1. The summed E-state index contributed by atoms with van der Waals surface area (Å²) in [6, 6.07) is 6.72. The minimum Gasteiger partial charge on any atom is -0.447 e. The van der Waals surface area contributed by atoms with E-state index in [2.05, 4.69) is 0 Å². The van der Waals surface area contributed by atoms with Crippen molar-refractivity contribution in [3.63, 3.8) is 0 Å². The van der Waals surface area contributed by atoms with E-state index < -0.39 is 12.1 Å². The van der Waals surface area contributed by atoms with Crippen molar-refractivity contribution in [3.05, 3.63) is 24.3 Å². The van der Waals surface area contributed by atoms with Gasteiger partial charge in [0.25, 0.3) is 0 Å². The van der Waals surface area contributed by atoms with Crippen molar-refractivity contribution in [2.45, 2.75) is 32.0 Å². The highest BCUT2D eigenvalue weighted by Crippen LogP contribution is 2.22. The Kier molecular flexibility index (Phi) is 5.32. The van der Waals surface area contributed by atoms with Crippen LogP contribution >= 0.6 is 0 Å². The number of hydrogen-bond acceptors (Lipinski definition) is 6. The fourth-order valence-electron chi connectivity index (χ4n) is 2.62. The second-order valence-electron chi connectivity index (χ2n) is 5.79. The third-order valence-corrected chi connectivity index (χ3v) is 4.02. The van der Waals surface area contributed by atoms with Crippen LogP contribution in [0.25, 0.3) is 0 Å². The van der Waals surface area contributed by atoms with E-state index >= 15 is 0 Å². The molecular formula is C17H21NO6. The van der Waals surface area contributed by atoms with Gasteiger partial charge in [0.2, 0.25) is 0 Å². The molecule has 7 heteroatoms. The van der Waals surface area contributed by atoms with Crippen LogP contribution < -0.4 is 9.64 Å². The molecule has 2 heterocycles. The first-order chi connectivity index (χ1) is 11.6. The maximum absolute atomic E-state index is 12.0. The van der Waals surface area contributed by atoms with Gasteiger partial charge < -0.3 is 18.9 Å². The van der Waals surface area contributed by atoms with Gasteiger partial charge in [-0.2, -0.15) is 0 Å². The van der Waals surface area contributed by atoms with Gasteiger partial charge >= 0.3 is 12.1 Å². The number of carbonyl (C=O) groups excluding carboxylic acids is 2. The van der Waals surface area contributed by atoms with E-state index in [0.717, 1.165) is 19.4 Å². The van der Waals surface area contributed by atoms with Gasteiger partial charge in [-0.15, -0.1) is 0 Å². The summed E-state index contributed by atoms with van der Waals surface area (Å²) in [5.74, 6) is -0.0507. The van der Waals surface area contributed by atoms with Gasteiger partial charge in [-0.05, 0) is 44.0 Å². The molecule has 0 saturated carbocycles. The molecule has 2 atom stereocenters. The molecule has 0 spiro atoms. The zero-order valence-electron chi connectivity index (χ0n) is 13.6. The second kappa shape index (κ2) is 7.63. The molecule has 2 aliphatic heterocycles. The number of ether oxygens (including phenoxy) is 4. The van der Waals surface area contributed by atoms with Gasteiger partial charge in [0.15, 0.2) is 6.10 Å². The summed E-state index contributed by atoms with van der Waals surface area (Å²) >= 11 is 0. The fourth-order valence-corrected chi connectivity index (χ4v) is 2.62. The Morgan fingerprint density at radius 3 is 2.75 bits per heavy atom. The first-order valence-corrected chi connectivity index (χ1v) is 8.13. The van der Waals surface area contributed by atoms with Crippen molar-refractivity contribution in [3.8, 4) is 5.75 Å². The Morgan fingerprint density at radius 2 is 2.12 bits per heavy atom. The van der Waals surface area contributed by atoms with Gasteiger partial charge in [-0.1, -0.05) is 0 Å². The summed E-state index contributed by atoms with van der Waals surface area (Å²) < 4.78 is 21.1. The lowest BCUT2D eigenvalue weighted by Gasteiger charge is -2.16. The van der Waals surface area contributed by atoms with Crippen molar-refractivity contribution in [1.82, 2.24) is 0 Å². The molecule has 130 valence electrons. The molecule has 2 unspecified atom stereocenters. The van der Waals surface area contributed by atoms with Crippen LogP contribution in [0.3, 0.4) is 0 Å². The molecule has 1 aromatic rings. The van der Waals surface area contributed by atoms with Crippen molar-refractivity contribution in [1.29, 1.82) is 0 Å². The molecule has 0 aliphatic carbocycles. The Hall–Kier alpha value is -2.12. The number of hydrogen-bond donors (Lipinski definition) is 0. The molecule has 3 rings (SSSR count). The van der Waals surface area contributed by atoms with Crippen molar-refractivity contribution in [2.24, 2.45) is 0 Å². The van der Waals surface area contributed by atoms with Crippen LogP contribution in [0.4, 0.5) is 10.5 Å². The Morgan fingerprint density at radius 1 is 1.33 bits per heavy atom. The molecule has 24 heavy (non-hydrogen) atoms. The molecule has 1 amide bonds. The Balaban J connectivity index is 1.49. The minimum absolute atomic E-state index is 0.0692. The summed E-state index contributed by atoms with van der Waals surface area (Å²) in [7, 11) is 0. The van der Waals surface area contributed by atoms with E-state index in [-0.39, 0.29) is 12.2 Å². The zero-order chi connectivity index (χ0) is 16.9. The van der Waals surface area contributed by atoms with Gasteiger partial charge in [0.05, 0.1) is 19.3 Å². The molecule has 1 aromatic carbocycles. The Bertz CT molecular complexity index is 581. The molecule has 2 aliphatic rings. The number of cyclic esters (lactones) is 1. The van der Waals surface area contributed by atoms with Crippen LogP contribution in [0.5, 0.6) is 5.75 Å². The van der Waals surface area contributed by atoms with E-state index in [1.54, 1.807) is 31.2 Å². The largest absolute Gasteiger partial charge is 0.447 e. The lowest BCUT2D eigenvalue weighted by molar-refractivity contribution is -0.148. The highest BCUT2D eigenvalue weighted by atomic mass is 16.6. The molecule has 2 fully saturated rings. The predicted molar refractivity (Wildman–Crippen MR) is 85.2 cm³/mol. The lowest BCUT2D eigenvalue weighted by atomic mass is 10.2. The van der Waals surface area contributed by atoms with E-state index in [4.69, 9.17) is 18.9 Å². The van der Waals surface area contributed by atoms with Gasteiger partial charge in [-0.3, -0.25) is 4.90 Å². The average Bonchev–Trinajstić information content (AvgIpc) is 3.25. The van der Waals surface area contributed by atoms with Gasteiger partial charge in [0, 0.05) is 12.3 Å². The van der Waals surface area contributed by atoms with Crippen LogP contribution in [0.1, 0.15) is 19.8 Å². The number of benzene rings is 1. The molecule has 0 bridgehead atoms. The van der Waals surface area contributed by atoms with Crippen LogP contribution in [0, 0.1) is 0 Å². The number of carbonyl (C=O) groups is 2. The van der Waals surface area contributed by atoms with Gasteiger partial charge in [0.1, 0.15) is 12.4 Å². The first-order valence-electron chi connectivity index (χ1n) is 8.13. The third kappa shape index (κ3) is 4.04. The SMILES string of the molecule is CC(OCC1CCCO1)C(=O)Oc1ccc(N2CCOC2=O)cc1. The molecule has 2 saturated heterocycles. The highest BCUT2D eigenvalue weighted by Gasteiger charge is 2.24. The fraction of sp³-hybridized carbons (Fsp3) is 0.529. The third-order valence-electron chi connectivity index (χ3n) is 4.02. The van der Waals surface area contributed by atoms with E-state index in [1.165, 1.54) is 4.90 Å². The summed E-state index contributed by atoms with van der Waals surface area (Å²) in [6.45, 7) is 3.71. The maximum atomic E-state index is 12.0. The number of esters is 1. The quantitative estimate of drug-likeness (QED) is 0.586. The summed E-state index contributed by atoms with van der Waals surface area (Å²) in [5.41, 5.74) is 0.708. The first kappa shape index (κ1) is 16.7. The molecule has 0 radical (unpaired) electrons. The van der Waals surface area contributed by atoms with Crippen LogP contribution in [-0.2, 0) is 19.0 Å². The summed E-state index contributed by atoms with van der Waals surface area (Å²) in [6.07, 6.45) is 1.03. The topological polar surface area (TPSA) is 74.3 Å². The van der Waals surface area contributed by atoms with Crippen molar-refractivity contribution < 1.29 is 28.5 Å².